The van der Waals surface area contributed by atoms with E-state index in [2.05, 4.69) is 20.1 Å². The van der Waals surface area contributed by atoms with Crippen LogP contribution in [0.5, 0.6) is 0 Å². The minimum Gasteiger partial charge on any atom is -0.294 e. The fraction of sp³-hybridized carbons (Fsp3) is 0.263. The smallest absolute Gasteiger partial charge is 0.294 e. The number of benzene rings is 1. The summed E-state index contributed by atoms with van der Waals surface area (Å²) in [5.74, 6) is 0.880. The van der Waals surface area contributed by atoms with Crippen molar-refractivity contribution in [2.24, 2.45) is 0 Å². The number of carbonyl (C=O) groups is 1. The Labute approximate surface area is 155 Å². The van der Waals surface area contributed by atoms with E-state index in [1.54, 1.807) is 17.2 Å². The average molecular weight is 362 g/mol. The molecular weight excluding hydrogens is 344 g/mol. The number of carbonyl (C=O) groups excluding carboxylic acids is 1. The predicted octanol–water partition coefficient (Wildman–Crippen LogP) is 1.70. The summed E-state index contributed by atoms with van der Waals surface area (Å²) < 4.78 is 1.50. The molecule has 8 nitrogen and oxygen atoms in total. The van der Waals surface area contributed by atoms with Crippen LogP contribution in [-0.4, -0.2) is 50.2 Å². The van der Waals surface area contributed by atoms with Gasteiger partial charge in [0, 0.05) is 6.20 Å². The highest BCUT2D eigenvalue weighted by Gasteiger charge is 2.32. The molecule has 0 spiro atoms. The topological polar surface area (TPSA) is 87.1 Å². The van der Waals surface area contributed by atoms with Crippen LogP contribution in [0, 0.1) is 0 Å². The minimum atomic E-state index is -0.346. The number of pyridine rings is 1. The van der Waals surface area contributed by atoms with Gasteiger partial charge in [-0.05, 0) is 50.2 Å². The molecule has 0 aliphatic carbocycles. The number of aromatic nitrogens is 4. The van der Waals surface area contributed by atoms with E-state index in [4.69, 9.17) is 0 Å². The second-order valence-corrected chi connectivity index (χ2v) is 6.76. The summed E-state index contributed by atoms with van der Waals surface area (Å²) in [6.45, 7) is 2.18. The van der Waals surface area contributed by atoms with Crippen LogP contribution in [0.25, 0.3) is 17.1 Å². The Morgan fingerprint density at radius 2 is 1.85 bits per heavy atom. The number of hydrogen-bond acceptors (Lipinski definition) is 5. The molecule has 3 aromatic rings. The number of H-pyrrole nitrogens is 1. The molecule has 8 heteroatoms. The van der Waals surface area contributed by atoms with E-state index >= 15 is 0 Å². The second-order valence-electron chi connectivity index (χ2n) is 6.76. The molecule has 0 saturated carbocycles. The van der Waals surface area contributed by atoms with Gasteiger partial charge >= 0.3 is 5.69 Å². The lowest BCUT2D eigenvalue weighted by Crippen LogP contribution is -2.37. The van der Waals surface area contributed by atoms with Crippen molar-refractivity contribution in [3.05, 3.63) is 53.1 Å². The maximum absolute atomic E-state index is 13.3. The van der Waals surface area contributed by atoms with Crippen LogP contribution in [0.3, 0.4) is 0 Å². The van der Waals surface area contributed by atoms with Crippen molar-refractivity contribution in [3.8, 4) is 17.1 Å². The van der Waals surface area contributed by atoms with E-state index < -0.39 is 0 Å². The number of para-hydroxylation sites is 2. The van der Waals surface area contributed by atoms with Gasteiger partial charge in [0.25, 0.3) is 0 Å². The van der Waals surface area contributed by atoms with Crippen LogP contribution >= 0.6 is 0 Å². The number of aromatic amines is 1. The Balaban J connectivity index is 1.73. The molecule has 2 aromatic heterocycles. The van der Waals surface area contributed by atoms with Crippen molar-refractivity contribution in [1.29, 1.82) is 0 Å². The minimum absolute atomic E-state index is 0.0634. The Morgan fingerprint density at radius 3 is 2.67 bits per heavy atom. The summed E-state index contributed by atoms with van der Waals surface area (Å²) in [5.41, 5.74) is 1.53. The van der Waals surface area contributed by atoms with Gasteiger partial charge < -0.3 is 0 Å². The summed E-state index contributed by atoms with van der Waals surface area (Å²) in [7, 11) is 0. The highest BCUT2D eigenvalue weighted by molar-refractivity contribution is 6.06. The maximum atomic E-state index is 13.3. The van der Waals surface area contributed by atoms with E-state index in [1.807, 2.05) is 30.3 Å². The van der Waals surface area contributed by atoms with Gasteiger partial charge in [-0.3, -0.25) is 14.6 Å². The number of likely N-dealkylation sites (tertiary alicyclic amines) is 1. The molecule has 0 bridgehead atoms. The normalized spacial score (nSPS) is 15.8. The summed E-state index contributed by atoms with van der Waals surface area (Å²) in [6, 6.07) is 11.0. The van der Waals surface area contributed by atoms with Gasteiger partial charge in [-0.15, -0.1) is 0 Å². The van der Waals surface area contributed by atoms with Gasteiger partial charge in [-0.2, -0.15) is 5.10 Å². The van der Waals surface area contributed by atoms with E-state index in [0.717, 1.165) is 25.9 Å². The molecule has 136 valence electrons. The Bertz CT molecular complexity index is 1080. The average Bonchev–Trinajstić information content (AvgIpc) is 3.30. The number of anilines is 2. The van der Waals surface area contributed by atoms with Crippen LogP contribution in [-0.2, 0) is 4.79 Å². The third kappa shape index (κ3) is 2.48. The quantitative estimate of drug-likeness (QED) is 0.750. The van der Waals surface area contributed by atoms with Gasteiger partial charge in [0.15, 0.2) is 11.6 Å². The van der Waals surface area contributed by atoms with Crippen molar-refractivity contribution in [1.82, 2.24) is 24.6 Å². The molecule has 2 aliphatic rings. The molecule has 1 amide bonds. The molecule has 4 heterocycles. The lowest BCUT2D eigenvalue weighted by atomic mass is 10.2. The molecule has 1 aromatic carbocycles. The van der Waals surface area contributed by atoms with E-state index in [-0.39, 0.29) is 11.6 Å². The number of nitrogens with zero attached hydrogens (tertiary/aromatic N) is 5. The van der Waals surface area contributed by atoms with Gasteiger partial charge in [-0.1, -0.05) is 12.1 Å². The number of hydrogen-bond donors (Lipinski definition) is 1. The second kappa shape index (κ2) is 6.17. The first-order chi connectivity index (χ1) is 13.2. The zero-order valence-corrected chi connectivity index (χ0v) is 14.6. The van der Waals surface area contributed by atoms with Crippen LogP contribution < -0.4 is 10.6 Å². The first-order valence-electron chi connectivity index (χ1n) is 9.01. The standard InChI is InChI=1S/C19H18N6O2/c26-16(12-23-10-3-4-11-23)24-14-7-1-2-8-15(14)25-18(21-22-19(25)27)13-6-5-9-20-17(13)24/h1-2,5-9H,3-4,10-12H2,(H,22,27). The Hall–Kier alpha value is -3.26. The van der Waals surface area contributed by atoms with Gasteiger partial charge in [0.1, 0.15) is 0 Å². The van der Waals surface area contributed by atoms with Crippen LogP contribution in [0.4, 0.5) is 11.5 Å². The van der Waals surface area contributed by atoms with Gasteiger partial charge in [-0.25, -0.2) is 19.4 Å². The first kappa shape index (κ1) is 16.0. The molecule has 1 N–H and O–H groups in total. The van der Waals surface area contributed by atoms with Crippen molar-refractivity contribution >= 4 is 17.4 Å². The molecule has 1 saturated heterocycles. The van der Waals surface area contributed by atoms with E-state index in [1.165, 1.54) is 4.57 Å². The van der Waals surface area contributed by atoms with Crippen LogP contribution in [0.2, 0.25) is 0 Å². The van der Waals surface area contributed by atoms with Crippen LogP contribution in [0.1, 0.15) is 12.8 Å². The molecule has 1 fully saturated rings. The first-order valence-corrected chi connectivity index (χ1v) is 9.01. The SMILES string of the molecule is O=C(CN1CCCC1)N1c2ccccc2-n2c(n[nH]c2=O)-c2cccnc21. The molecule has 27 heavy (non-hydrogen) atoms. The Morgan fingerprint density at radius 1 is 1.07 bits per heavy atom. The number of rotatable bonds is 2. The number of amides is 1. The third-order valence-electron chi connectivity index (χ3n) is 5.08. The Kier molecular flexibility index (Phi) is 3.64. The molecule has 0 atom stereocenters. The summed E-state index contributed by atoms with van der Waals surface area (Å²) in [4.78, 5) is 34.0. The zero-order chi connectivity index (χ0) is 18.4. The predicted molar refractivity (Wildman–Crippen MR) is 100 cm³/mol. The third-order valence-corrected chi connectivity index (χ3v) is 5.08. The van der Waals surface area contributed by atoms with Crippen molar-refractivity contribution < 1.29 is 4.79 Å². The maximum Gasteiger partial charge on any atom is 0.348 e. The number of fused-ring (bicyclic) bond motifs is 5. The van der Waals surface area contributed by atoms with Crippen molar-refractivity contribution in [2.45, 2.75) is 12.8 Å². The number of nitrogens with one attached hydrogen (secondary N) is 1. The lowest BCUT2D eigenvalue weighted by Gasteiger charge is -2.25. The fourth-order valence-corrected chi connectivity index (χ4v) is 3.86. The summed E-state index contributed by atoms with van der Waals surface area (Å²) in [5, 5.41) is 6.70. The fourth-order valence-electron chi connectivity index (χ4n) is 3.86. The molecule has 2 aliphatic heterocycles. The highest BCUT2D eigenvalue weighted by atomic mass is 16.2. The molecule has 0 unspecified atom stereocenters. The lowest BCUT2D eigenvalue weighted by molar-refractivity contribution is -0.118. The highest BCUT2D eigenvalue weighted by Crippen LogP contribution is 2.39. The summed E-state index contributed by atoms with van der Waals surface area (Å²) in [6.07, 6.45) is 3.88. The molecular formula is C19H18N6O2. The van der Waals surface area contributed by atoms with E-state index in [9.17, 15) is 9.59 Å². The van der Waals surface area contributed by atoms with Gasteiger partial charge in [0.05, 0.1) is 23.5 Å². The zero-order valence-electron chi connectivity index (χ0n) is 14.6. The van der Waals surface area contributed by atoms with Crippen molar-refractivity contribution in [3.63, 3.8) is 0 Å². The van der Waals surface area contributed by atoms with E-state index in [0.29, 0.717) is 35.1 Å². The molecule has 5 rings (SSSR count). The van der Waals surface area contributed by atoms with Gasteiger partial charge in [0.2, 0.25) is 5.91 Å². The van der Waals surface area contributed by atoms with Crippen LogP contribution in [0.15, 0.2) is 47.4 Å². The summed E-state index contributed by atoms with van der Waals surface area (Å²) >= 11 is 0. The largest absolute Gasteiger partial charge is 0.348 e. The van der Waals surface area contributed by atoms with Crippen molar-refractivity contribution in [2.75, 3.05) is 24.5 Å². The molecule has 0 radical (unpaired) electrons. The monoisotopic (exact) mass is 362 g/mol.